The molecular formula is C30H30N4O4. The van der Waals surface area contributed by atoms with Crippen molar-refractivity contribution < 1.29 is 14.4 Å². The summed E-state index contributed by atoms with van der Waals surface area (Å²) in [4.78, 5) is 55.5. The van der Waals surface area contributed by atoms with E-state index in [1.165, 1.54) is 9.58 Å². The number of para-hydroxylation sites is 1. The standard InChI is InChI=1S/C30H30N4O4/c1-18-27(30(38)34(32(18)2)22-11-7-4-8-12-22)31-24(35)17-23(19-9-5-3-6-10-19)33-28(36)25-20-13-14-21(16-15-20)26(25)29(33)37/h3-14,20-21,23,25-26H,15-17H2,1-2H3,(H,31,35). The molecule has 8 nitrogen and oxygen atoms in total. The smallest absolute Gasteiger partial charge is 0.295 e. The summed E-state index contributed by atoms with van der Waals surface area (Å²) < 4.78 is 3.20. The Labute approximate surface area is 220 Å². The third kappa shape index (κ3) is 3.74. The second kappa shape index (κ2) is 9.28. The largest absolute Gasteiger partial charge is 0.320 e. The summed E-state index contributed by atoms with van der Waals surface area (Å²) in [5.74, 6) is -1.38. The highest BCUT2D eigenvalue weighted by Crippen LogP contribution is 2.51. The van der Waals surface area contributed by atoms with Crippen LogP contribution in [0.3, 0.4) is 0 Å². The van der Waals surface area contributed by atoms with Crippen LogP contribution in [0.25, 0.3) is 5.69 Å². The van der Waals surface area contributed by atoms with Crippen molar-refractivity contribution in [2.75, 3.05) is 5.32 Å². The number of carbonyl (C=O) groups excluding carboxylic acids is 3. The Morgan fingerprint density at radius 3 is 2.00 bits per heavy atom. The van der Waals surface area contributed by atoms with Crippen molar-refractivity contribution in [2.24, 2.45) is 30.7 Å². The van der Waals surface area contributed by atoms with E-state index in [4.69, 9.17) is 0 Å². The monoisotopic (exact) mass is 510 g/mol. The van der Waals surface area contributed by atoms with Crippen LogP contribution in [0, 0.1) is 30.6 Å². The Morgan fingerprint density at radius 2 is 1.45 bits per heavy atom. The van der Waals surface area contributed by atoms with Crippen molar-refractivity contribution in [3.63, 3.8) is 0 Å². The molecule has 2 aromatic carbocycles. The predicted molar refractivity (Wildman–Crippen MR) is 142 cm³/mol. The first-order chi connectivity index (χ1) is 18.4. The summed E-state index contributed by atoms with van der Waals surface area (Å²) in [6, 6.07) is 17.7. The van der Waals surface area contributed by atoms with Crippen LogP contribution in [-0.2, 0) is 21.4 Å². The molecule has 1 N–H and O–H groups in total. The zero-order valence-corrected chi connectivity index (χ0v) is 21.4. The first kappa shape index (κ1) is 24.2. The molecule has 194 valence electrons. The Bertz CT molecular complexity index is 1470. The summed E-state index contributed by atoms with van der Waals surface area (Å²) in [5.41, 5.74) is 1.84. The highest BCUT2D eigenvalue weighted by atomic mass is 16.2. The minimum absolute atomic E-state index is 0.0696. The van der Waals surface area contributed by atoms with Crippen molar-refractivity contribution in [3.8, 4) is 5.69 Å². The SMILES string of the molecule is Cc1c(NC(=O)CC(c2ccccc2)N2C(=O)C3C4C=CC(CC4)C3C2=O)c(=O)n(-c2ccccc2)n1C. The fourth-order valence-electron chi connectivity index (χ4n) is 6.52. The number of allylic oxidation sites excluding steroid dienone is 2. The molecule has 1 saturated heterocycles. The number of amides is 3. The molecule has 5 atom stereocenters. The molecule has 3 amide bonds. The number of nitrogens with one attached hydrogen (secondary N) is 1. The van der Waals surface area contributed by atoms with Crippen LogP contribution in [0.5, 0.6) is 0 Å². The fourth-order valence-corrected chi connectivity index (χ4v) is 6.52. The number of carbonyl (C=O) groups is 3. The van der Waals surface area contributed by atoms with E-state index in [0.717, 1.165) is 18.4 Å². The van der Waals surface area contributed by atoms with Crippen LogP contribution in [0.1, 0.15) is 36.6 Å². The summed E-state index contributed by atoms with van der Waals surface area (Å²) in [6.07, 6.45) is 5.86. The second-order valence-electron chi connectivity index (χ2n) is 10.5. The van der Waals surface area contributed by atoms with Gasteiger partial charge in [0.05, 0.1) is 35.7 Å². The number of aromatic nitrogens is 2. The van der Waals surface area contributed by atoms with Gasteiger partial charge in [-0.2, -0.15) is 0 Å². The van der Waals surface area contributed by atoms with Crippen molar-refractivity contribution in [2.45, 2.75) is 32.2 Å². The fraction of sp³-hybridized carbons (Fsp3) is 0.333. The minimum atomic E-state index is -0.749. The summed E-state index contributed by atoms with van der Waals surface area (Å²) >= 11 is 0. The van der Waals surface area contributed by atoms with E-state index >= 15 is 0 Å². The van der Waals surface area contributed by atoms with Gasteiger partial charge in [0.2, 0.25) is 17.7 Å². The van der Waals surface area contributed by atoms with Gasteiger partial charge in [0.1, 0.15) is 5.69 Å². The van der Waals surface area contributed by atoms with Gasteiger partial charge in [-0.1, -0.05) is 60.7 Å². The molecule has 0 spiro atoms. The summed E-state index contributed by atoms with van der Waals surface area (Å²) in [6.45, 7) is 1.77. The minimum Gasteiger partial charge on any atom is -0.320 e. The number of fused-ring (bicyclic) bond motifs is 1. The number of likely N-dealkylation sites (tertiary alicyclic amines) is 1. The lowest BCUT2D eigenvalue weighted by molar-refractivity contribution is -0.143. The maximum absolute atomic E-state index is 13.7. The molecule has 5 unspecified atom stereocenters. The van der Waals surface area contributed by atoms with Crippen LogP contribution in [0.15, 0.2) is 77.6 Å². The van der Waals surface area contributed by atoms with E-state index in [1.807, 2.05) is 60.7 Å². The maximum atomic E-state index is 13.7. The van der Waals surface area contributed by atoms with Gasteiger partial charge >= 0.3 is 0 Å². The van der Waals surface area contributed by atoms with Gasteiger partial charge in [0, 0.05) is 7.05 Å². The van der Waals surface area contributed by atoms with Crippen molar-refractivity contribution in [1.82, 2.24) is 14.3 Å². The van der Waals surface area contributed by atoms with Gasteiger partial charge in [-0.05, 0) is 49.3 Å². The van der Waals surface area contributed by atoms with E-state index in [1.54, 1.807) is 18.7 Å². The lowest BCUT2D eigenvalue weighted by atomic mass is 9.63. The molecule has 2 bridgehead atoms. The Morgan fingerprint density at radius 1 is 0.895 bits per heavy atom. The molecule has 3 aromatic rings. The molecular weight excluding hydrogens is 480 g/mol. The number of hydrogen-bond acceptors (Lipinski definition) is 4. The van der Waals surface area contributed by atoms with Crippen LogP contribution >= 0.6 is 0 Å². The zero-order valence-electron chi connectivity index (χ0n) is 21.4. The van der Waals surface area contributed by atoms with Gasteiger partial charge in [0.25, 0.3) is 5.56 Å². The molecule has 8 heteroatoms. The van der Waals surface area contributed by atoms with Crippen LogP contribution < -0.4 is 10.9 Å². The average Bonchev–Trinajstić information content (AvgIpc) is 3.34. The number of anilines is 1. The Hall–Kier alpha value is -4.20. The first-order valence-electron chi connectivity index (χ1n) is 13.1. The highest BCUT2D eigenvalue weighted by molar-refractivity contribution is 6.07. The number of benzene rings is 2. The molecule has 1 aromatic heterocycles. The normalized spacial score (nSPS) is 24.5. The number of rotatable bonds is 6. The average molecular weight is 511 g/mol. The van der Waals surface area contributed by atoms with Crippen LogP contribution in [0.2, 0.25) is 0 Å². The van der Waals surface area contributed by atoms with Crippen LogP contribution in [0.4, 0.5) is 5.69 Å². The van der Waals surface area contributed by atoms with Gasteiger partial charge in [0.15, 0.2) is 0 Å². The molecule has 7 rings (SSSR count). The molecule has 2 fully saturated rings. The van der Waals surface area contributed by atoms with Crippen molar-refractivity contribution >= 4 is 23.4 Å². The topological polar surface area (TPSA) is 93.4 Å². The molecule has 1 saturated carbocycles. The third-order valence-corrected chi connectivity index (χ3v) is 8.49. The van der Waals surface area contributed by atoms with Gasteiger partial charge in [-0.15, -0.1) is 0 Å². The lowest BCUT2D eigenvalue weighted by Crippen LogP contribution is -2.38. The molecule has 2 heterocycles. The molecule has 0 radical (unpaired) electrons. The summed E-state index contributed by atoms with van der Waals surface area (Å²) in [5, 5.41) is 2.80. The second-order valence-corrected chi connectivity index (χ2v) is 10.5. The van der Waals surface area contributed by atoms with E-state index in [-0.39, 0.29) is 53.2 Å². The van der Waals surface area contributed by atoms with Gasteiger partial charge < -0.3 is 5.32 Å². The van der Waals surface area contributed by atoms with E-state index < -0.39 is 11.9 Å². The van der Waals surface area contributed by atoms with E-state index in [0.29, 0.717) is 11.4 Å². The number of hydrogen-bond donors (Lipinski definition) is 1. The first-order valence-corrected chi connectivity index (χ1v) is 13.1. The molecule has 1 aliphatic heterocycles. The summed E-state index contributed by atoms with van der Waals surface area (Å²) in [7, 11) is 1.76. The molecule has 3 aliphatic carbocycles. The molecule has 4 aliphatic rings. The van der Waals surface area contributed by atoms with Crippen molar-refractivity contribution in [1.29, 1.82) is 0 Å². The number of imide groups is 1. The lowest BCUT2D eigenvalue weighted by Gasteiger charge is -2.38. The van der Waals surface area contributed by atoms with Crippen molar-refractivity contribution in [3.05, 3.63) is 94.4 Å². The Kier molecular flexibility index (Phi) is 5.90. The number of nitrogens with zero attached hydrogens (tertiary/aromatic N) is 3. The van der Waals surface area contributed by atoms with Crippen LogP contribution in [-0.4, -0.2) is 32.0 Å². The van der Waals surface area contributed by atoms with E-state index in [9.17, 15) is 19.2 Å². The predicted octanol–water partition coefficient (Wildman–Crippen LogP) is 3.75. The quantitative estimate of drug-likeness (QED) is 0.404. The van der Waals surface area contributed by atoms with Gasteiger partial charge in [-0.3, -0.25) is 28.8 Å². The van der Waals surface area contributed by atoms with Gasteiger partial charge in [-0.25, -0.2) is 4.68 Å². The third-order valence-electron chi connectivity index (χ3n) is 8.49. The maximum Gasteiger partial charge on any atom is 0.295 e. The highest BCUT2D eigenvalue weighted by Gasteiger charge is 2.58. The Balaban J connectivity index is 1.31. The van der Waals surface area contributed by atoms with E-state index in [2.05, 4.69) is 17.5 Å². The molecule has 38 heavy (non-hydrogen) atoms. The zero-order chi connectivity index (χ0) is 26.6.